The van der Waals surface area contributed by atoms with Gasteiger partial charge in [-0.3, -0.25) is 0 Å². The fourth-order valence-electron chi connectivity index (χ4n) is 1.23. The largest absolute Gasteiger partial charge is 0.303 e. The van der Waals surface area contributed by atoms with E-state index in [1.807, 2.05) is 0 Å². The first-order valence-corrected chi connectivity index (χ1v) is 6.37. The molecule has 0 spiro atoms. The molecule has 6 heteroatoms. The molecule has 0 saturated heterocycles. The molecule has 16 heavy (non-hydrogen) atoms. The number of carbonyl (C=O) groups excluding carboxylic acids is 1. The molecule has 0 unspecified atom stereocenters. The van der Waals surface area contributed by atoms with Crippen LogP contribution in [-0.4, -0.2) is 21.0 Å². The highest BCUT2D eigenvalue weighted by molar-refractivity contribution is 7.90. The van der Waals surface area contributed by atoms with Crippen LogP contribution in [0.4, 0.5) is 8.78 Å². The molecule has 0 fully saturated rings. The maximum atomic E-state index is 13.2. The van der Waals surface area contributed by atoms with Crippen LogP contribution in [0.2, 0.25) is 0 Å². The molecular weight excluding hydrogens is 238 g/mol. The van der Waals surface area contributed by atoms with Crippen LogP contribution in [0.25, 0.3) is 0 Å². The van der Waals surface area contributed by atoms with Gasteiger partial charge < -0.3 is 4.79 Å². The van der Waals surface area contributed by atoms with Crippen LogP contribution in [-0.2, 0) is 21.1 Å². The summed E-state index contributed by atoms with van der Waals surface area (Å²) in [6.45, 7) is 0. The van der Waals surface area contributed by atoms with Gasteiger partial charge >= 0.3 is 0 Å². The number of aldehydes is 1. The van der Waals surface area contributed by atoms with Gasteiger partial charge in [0.25, 0.3) is 0 Å². The lowest BCUT2D eigenvalue weighted by molar-refractivity contribution is -0.107. The Kier molecular flexibility index (Phi) is 3.74. The first-order chi connectivity index (χ1) is 7.36. The van der Waals surface area contributed by atoms with Crippen molar-refractivity contribution in [1.82, 2.24) is 0 Å². The summed E-state index contributed by atoms with van der Waals surface area (Å²) >= 11 is 0. The predicted octanol–water partition coefficient (Wildman–Crippen LogP) is 1.50. The van der Waals surface area contributed by atoms with E-state index in [-0.39, 0.29) is 23.3 Å². The second-order valence-electron chi connectivity index (χ2n) is 3.36. The molecule has 0 aliphatic heterocycles. The molecule has 0 aromatic heterocycles. The summed E-state index contributed by atoms with van der Waals surface area (Å²) in [5.41, 5.74) is -0.104. The van der Waals surface area contributed by atoms with Crippen molar-refractivity contribution in [1.29, 1.82) is 0 Å². The Morgan fingerprint density at radius 2 is 1.94 bits per heavy atom. The highest BCUT2D eigenvalue weighted by Crippen LogP contribution is 2.19. The zero-order valence-electron chi connectivity index (χ0n) is 8.54. The topological polar surface area (TPSA) is 51.2 Å². The van der Waals surface area contributed by atoms with Crippen LogP contribution in [0.3, 0.4) is 0 Å². The highest BCUT2D eigenvalue weighted by atomic mass is 32.2. The average molecular weight is 248 g/mol. The van der Waals surface area contributed by atoms with Crippen molar-refractivity contribution in [2.24, 2.45) is 0 Å². The van der Waals surface area contributed by atoms with E-state index in [0.717, 1.165) is 12.3 Å². The Hall–Kier alpha value is -1.30. The summed E-state index contributed by atoms with van der Waals surface area (Å²) in [6, 6.07) is 1.69. The second-order valence-corrected chi connectivity index (χ2v) is 5.37. The van der Waals surface area contributed by atoms with Crippen LogP contribution < -0.4 is 0 Å². The molecule has 0 aliphatic rings. The van der Waals surface area contributed by atoms with Gasteiger partial charge in [0, 0.05) is 12.7 Å². The van der Waals surface area contributed by atoms with Gasteiger partial charge in [0.1, 0.15) is 6.29 Å². The first kappa shape index (κ1) is 12.8. The van der Waals surface area contributed by atoms with Gasteiger partial charge in [-0.1, -0.05) is 0 Å². The van der Waals surface area contributed by atoms with Gasteiger partial charge in [0.2, 0.25) is 0 Å². The molecule has 1 rings (SSSR count). The summed E-state index contributed by atoms with van der Waals surface area (Å²) in [7, 11) is -3.58. The van der Waals surface area contributed by atoms with E-state index in [1.165, 1.54) is 0 Å². The Morgan fingerprint density at radius 3 is 2.44 bits per heavy atom. The van der Waals surface area contributed by atoms with Gasteiger partial charge in [0.05, 0.1) is 4.90 Å². The molecule has 3 nitrogen and oxygen atoms in total. The smallest absolute Gasteiger partial charge is 0.175 e. The molecule has 0 heterocycles. The summed E-state index contributed by atoms with van der Waals surface area (Å²) in [5.74, 6) is -2.32. The van der Waals surface area contributed by atoms with E-state index in [0.29, 0.717) is 12.4 Å². The Labute approximate surface area is 92.0 Å². The van der Waals surface area contributed by atoms with Crippen LogP contribution in [0, 0.1) is 11.6 Å². The van der Waals surface area contributed by atoms with Gasteiger partial charge in [-0.15, -0.1) is 0 Å². The van der Waals surface area contributed by atoms with E-state index < -0.39 is 21.5 Å². The van der Waals surface area contributed by atoms with E-state index in [2.05, 4.69) is 0 Å². The minimum Gasteiger partial charge on any atom is -0.303 e. The lowest BCUT2D eigenvalue weighted by Gasteiger charge is -2.05. The molecule has 0 bridgehead atoms. The van der Waals surface area contributed by atoms with E-state index in [9.17, 15) is 22.0 Å². The minimum atomic E-state index is -3.58. The lowest BCUT2D eigenvalue weighted by Crippen LogP contribution is -2.03. The van der Waals surface area contributed by atoms with Crippen LogP contribution in [0.5, 0.6) is 0 Å². The number of rotatable bonds is 4. The third kappa shape index (κ3) is 2.85. The lowest BCUT2D eigenvalue weighted by atomic mass is 10.1. The van der Waals surface area contributed by atoms with Crippen LogP contribution in [0.15, 0.2) is 17.0 Å². The second kappa shape index (κ2) is 4.69. The fourth-order valence-corrected chi connectivity index (χ4v) is 1.90. The zero-order valence-corrected chi connectivity index (χ0v) is 9.35. The molecule has 1 aromatic carbocycles. The van der Waals surface area contributed by atoms with Gasteiger partial charge in [0.15, 0.2) is 21.5 Å². The zero-order chi connectivity index (χ0) is 12.3. The molecule has 88 valence electrons. The summed E-state index contributed by atoms with van der Waals surface area (Å²) in [6.07, 6.45) is 1.47. The van der Waals surface area contributed by atoms with E-state index in [1.54, 1.807) is 0 Å². The van der Waals surface area contributed by atoms with Gasteiger partial charge in [-0.05, 0) is 24.1 Å². The number of halogens is 2. The SMILES string of the molecule is CS(=O)(=O)c1cc(F)c(F)c(CCC=O)c1. The van der Waals surface area contributed by atoms with Gasteiger partial charge in [-0.25, -0.2) is 17.2 Å². The summed E-state index contributed by atoms with van der Waals surface area (Å²) in [4.78, 5) is 9.84. The molecule has 0 amide bonds. The normalized spacial score (nSPS) is 11.4. The molecule has 0 saturated carbocycles. The van der Waals surface area contributed by atoms with E-state index >= 15 is 0 Å². The van der Waals surface area contributed by atoms with Crippen molar-refractivity contribution in [3.63, 3.8) is 0 Å². The van der Waals surface area contributed by atoms with Crippen molar-refractivity contribution in [2.75, 3.05) is 6.26 Å². The third-order valence-electron chi connectivity index (χ3n) is 2.04. The van der Waals surface area contributed by atoms with Crippen molar-refractivity contribution in [3.05, 3.63) is 29.3 Å². The van der Waals surface area contributed by atoms with Crippen LogP contribution in [0.1, 0.15) is 12.0 Å². The Bertz CT molecular complexity index is 509. The Morgan fingerprint density at radius 1 is 1.31 bits per heavy atom. The molecule has 0 aliphatic carbocycles. The third-order valence-corrected chi connectivity index (χ3v) is 3.13. The van der Waals surface area contributed by atoms with Crippen molar-refractivity contribution >= 4 is 16.1 Å². The van der Waals surface area contributed by atoms with Crippen molar-refractivity contribution in [2.45, 2.75) is 17.7 Å². The number of hydrogen-bond acceptors (Lipinski definition) is 3. The quantitative estimate of drug-likeness (QED) is 0.599. The van der Waals surface area contributed by atoms with Crippen molar-refractivity contribution in [3.8, 4) is 0 Å². The number of hydrogen-bond donors (Lipinski definition) is 0. The Balaban J connectivity index is 3.27. The monoisotopic (exact) mass is 248 g/mol. The highest BCUT2D eigenvalue weighted by Gasteiger charge is 2.15. The molecule has 0 N–H and O–H groups in total. The maximum Gasteiger partial charge on any atom is 0.175 e. The fraction of sp³-hybridized carbons (Fsp3) is 0.300. The standard InChI is InChI=1S/C10H10F2O3S/c1-16(14,15)8-5-7(3-2-4-13)10(12)9(11)6-8/h4-6H,2-3H2,1H3. The number of carbonyl (C=O) groups is 1. The number of sulfone groups is 1. The van der Waals surface area contributed by atoms with Crippen molar-refractivity contribution < 1.29 is 22.0 Å². The average Bonchev–Trinajstić information content (AvgIpc) is 2.18. The molecule has 1 aromatic rings. The number of aryl methyl sites for hydroxylation is 1. The van der Waals surface area contributed by atoms with Crippen LogP contribution >= 0.6 is 0 Å². The predicted molar refractivity (Wildman–Crippen MR) is 53.9 cm³/mol. The molecule has 0 radical (unpaired) electrons. The summed E-state index contributed by atoms with van der Waals surface area (Å²) < 4.78 is 48.6. The summed E-state index contributed by atoms with van der Waals surface area (Å²) in [5, 5.41) is 0. The molecular formula is C10H10F2O3S. The molecule has 0 atom stereocenters. The van der Waals surface area contributed by atoms with Gasteiger partial charge in [-0.2, -0.15) is 0 Å². The van der Waals surface area contributed by atoms with E-state index in [4.69, 9.17) is 0 Å². The number of benzene rings is 1. The minimum absolute atomic E-state index is 0.0174. The first-order valence-electron chi connectivity index (χ1n) is 4.48. The maximum absolute atomic E-state index is 13.2.